The van der Waals surface area contributed by atoms with E-state index in [1.807, 2.05) is 19.1 Å². The molecule has 2 aromatic carbocycles. The number of para-hydroxylation sites is 2. The minimum absolute atomic E-state index is 0.0643. The molecule has 0 fully saturated rings. The monoisotopic (exact) mass is 462 g/mol. The van der Waals surface area contributed by atoms with Gasteiger partial charge in [0.05, 0.1) is 19.2 Å². The fraction of sp³-hybridized carbons (Fsp3) is 0.286. The Hall–Kier alpha value is -2.87. The Morgan fingerprint density at radius 1 is 0.966 bits per heavy atom. The summed E-state index contributed by atoms with van der Waals surface area (Å²) in [6, 6.07) is 12.5. The molecule has 8 heteroatoms. The minimum Gasteiger partial charge on any atom is -0.495 e. The van der Waals surface area contributed by atoms with E-state index in [-0.39, 0.29) is 18.7 Å². The zero-order valence-electron chi connectivity index (χ0n) is 16.3. The van der Waals surface area contributed by atoms with Gasteiger partial charge in [0.25, 0.3) is 5.91 Å². The van der Waals surface area contributed by atoms with E-state index in [0.29, 0.717) is 17.1 Å². The lowest BCUT2D eigenvalue weighted by atomic mass is 10.1. The highest BCUT2D eigenvalue weighted by molar-refractivity contribution is 9.10. The number of carbonyl (C=O) groups is 3. The number of amides is 2. The van der Waals surface area contributed by atoms with Gasteiger partial charge in [-0.3, -0.25) is 14.4 Å². The van der Waals surface area contributed by atoms with Crippen molar-refractivity contribution < 1.29 is 23.9 Å². The Morgan fingerprint density at radius 3 is 2.41 bits per heavy atom. The Balaban J connectivity index is 1.75. The molecule has 154 valence electrons. The van der Waals surface area contributed by atoms with Crippen LogP contribution in [-0.4, -0.2) is 31.5 Å². The summed E-state index contributed by atoms with van der Waals surface area (Å²) < 4.78 is 11.0. The van der Waals surface area contributed by atoms with Gasteiger partial charge in [-0.1, -0.05) is 35.0 Å². The van der Waals surface area contributed by atoms with Gasteiger partial charge in [0.1, 0.15) is 5.75 Å². The summed E-state index contributed by atoms with van der Waals surface area (Å²) in [6.07, 6.45) is 0.550. The number of methoxy groups -OCH3 is 1. The van der Waals surface area contributed by atoms with Gasteiger partial charge in [-0.05, 0) is 42.3 Å². The third kappa shape index (κ3) is 7.23. The number of ether oxygens (including phenoxy) is 2. The van der Waals surface area contributed by atoms with Crippen molar-refractivity contribution in [2.75, 3.05) is 24.4 Å². The van der Waals surface area contributed by atoms with Crippen LogP contribution in [0.3, 0.4) is 0 Å². The number of hydrogen-bond donors (Lipinski definition) is 2. The van der Waals surface area contributed by atoms with Gasteiger partial charge in [-0.15, -0.1) is 0 Å². The Labute approximate surface area is 177 Å². The maximum atomic E-state index is 12.0. The number of rotatable bonds is 9. The topological polar surface area (TPSA) is 93.7 Å². The standard InChI is InChI=1S/C21H23BrN2O5/c1-3-14-12-15(22)8-9-16(14)23-20(26)13-29-21(27)11-10-19(25)24-17-6-4-5-7-18(17)28-2/h4-9,12H,3,10-11,13H2,1-2H3,(H,23,26)(H,24,25). The highest BCUT2D eigenvalue weighted by atomic mass is 79.9. The van der Waals surface area contributed by atoms with Crippen LogP contribution >= 0.6 is 15.9 Å². The van der Waals surface area contributed by atoms with Crippen molar-refractivity contribution in [3.8, 4) is 5.75 Å². The first-order chi connectivity index (χ1) is 13.9. The second-order valence-electron chi connectivity index (χ2n) is 6.11. The second kappa shape index (κ2) is 11.2. The van der Waals surface area contributed by atoms with E-state index in [1.165, 1.54) is 7.11 Å². The molecule has 7 nitrogen and oxygen atoms in total. The first-order valence-electron chi connectivity index (χ1n) is 9.09. The smallest absolute Gasteiger partial charge is 0.306 e. The van der Waals surface area contributed by atoms with Gasteiger partial charge >= 0.3 is 5.97 Å². The molecule has 0 aliphatic heterocycles. The lowest BCUT2D eigenvalue weighted by Crippen LogP contribution is -2.22. The van der Waals surface area contributed by atoms with Gasteiger partial charge in [0, 0.05) is 16.6 Å². The number of nitrogens with one attached hydrogen (secondary N) is 2. The van der Waals surface area contributed by atoms with Gasteiger partial charge in [-0.2, -0.15) is 0 Å². The molecule has 2 aromatic rings. The number of benzene rings is 2. The van der Waals surface area contributed by atoms with Crippen molar-refractivity contribution in [3.05, 3.63) is 52.5 Å². The Kier molecular flexibility index (Phi) is 8.67. The van der Waals surface area contributed by atoms with Crippen LogP contribution in [0.4, 0.5) is 11.4 Å². The molecule has 0 heterocycles. The number of anilines is 2. The second-order valence-corrected chi connectivity index (χ2v) is 7.03. The predicted octanol–water partition coefficient (Wildman–Crippen LogP) is 3.92. The van der Waals surface area contributed by atoms with Crippen LogP contribution in [0.5, 0.6) is 5.75 Å². The summed E-state index contributed by atoms with van der Waals surface area (Å²) in [5.41, 5.74) is 2.16. The number of carbonyl (C=O) groups excluding carboxylic acids is 3. The van der Waals surface area contributed by atoms with Crippen molar-refractivity contribution in [1.82, 2.24) is 0 Å². The minimum atomic E-state index is -0.623. The van der Waals surface area contributed by atoms with Crippen LogP contribution in [-0.2, 0) is 25.5 Å². The molecular formula is C21H23BrN2O5. The molecule has 0 unspecified atom stereocenters. The van der Waals surface area contributed by atoms with Gasteiger partial charge in [-0.25, -0.2) is 0 Å². The van der Waals surface area contributed by atoms with Crippen molar-refractivity contribution >= 4 is 45.1 Å². The van der Waals surface area contributed by atoms with Crippen LogP contribution in [0, 0.1) is 0 Å². The molecule has 2 N–H and O–H groups in total. The first-order valence-corrected chi connectivity index (χ1v) is 9.89. The van der Waals surface area contributed by atoms with E-state index in [0.717, 1.165) is 16.5 Å². The zero-order chi connectivity index (χ0) is 21.2. The molecule has 0 saturated carbocycles. The molecule has 0 atom stereocenters. The average Bonchev–Trinajstić information content (AvgIpc) is 2.72. The SMILES string of the molecule is CCc1cc(Br)ccc1NC(=O)COC(=O)CCC(=O)Nc1ccccc1OC. The van der Waals surface area contributed by atoms with Crippen LogP contribution in [0.15, 0.2) is 46.9 Å². The predicted molar refractivity (Wildman–Crippen MR) is 114 cm³/mol. The molecule has 0 saturated heterocycles. The quantitative estimate of drug-likeness (QED) is 0.550. The van der Waals surface area contributed by atoms with E-state index in [4.69, 9.17) is 9.47 Å². The summed E-state index contributed by atoms with van der Waals surface area (Å²) in [4.78, 5) is 35.9. The lowest BCUT2D eigenvalue weighted by Gasteiger charge is -2.11. The van der Waals surface area contributed by atoms with Crippen molar-refractivity contribution in [1.29, 1.82) is 0 Å². The fourth-order valence-corrected chi connectivity index (χ4v) is 2.97. The summed E-state index contributed by atoms with van der Waals surface area (Å²) >= 11 is 3.39. The summed E-state index contributed by atoms with van der Waals surface area (Å²) in [6.45, 7) is 1.57. The summed E-state index contributed by atoms with van der Waals surface area (Å²) in [5.74, 6) is -0.881. The van der Waals surface area contributed by atoms with Crippen molar-refractivity contribution in [2.45, 2.75) is 26.2 Å². The van der Waals surface area contributed by atoms with E-state index in [9.17, 15) is 14.4 Å². The third-order valence-electron chi connectivity index (χ3n) is 4.02. The van der Waals surface area contributed by atoms with Crippen LogP contribution in [0.2, 0.25) is 0 Å². The number of halogens is 1. The van der Waals surface area contributed by atoms with E-state index >= 15 is 0 Å². The Bertz CT molecular complexity index is 885. The molecule has 0 aromatic heterocycles. The van der Waals surface area contributed by atoms with Gasteiger partial charge < -0.3 is 20.1 Å². The van der Waals surface area contributed by atoms with Gasteiger partial charge in [0.15, 0.2) is 6.61 Å². The van der Waals surface area contributed by atoms with Crippen LogP contribution < -0.4 is 15.4 Å². The highest BCUT2D eigenvalue weighted by Crippen LogP contribution is 2.23. The fourth-order valence-electron chi connectivity index (χ4n) is 2.56. The normalized spacial score (nSPS) is 10.2. The Morgan fingerprint density at radius 2 is 1.69 bits per heavy atom. The largest absolute Gasteiger partial charge is 0.495 e. The van der Waals surface area contributed by atoms with Crippen molar-refractivity contribution in [3.63, 3.8) is 0 Å². The number of hydrogen-bond acceptors (Lipinski definition) is 5. The molecule has 0 spiro atoms. The molecule has 2 rings (SSSR count). The van der Waals surface area contributed by atoms with E-state index < -0.39 is 18.5 Å². The van der Waals surface area contributed by atoms with E-state index in [1.54, 1.807) is 30.3 Å². The summed E-state index contributed by atoms with van der Waals surface area (Å²) in [7, 11) is 1.51. The molecule has 2 amide bonds. The van der Waals surface area contributed by atoms with Crippen LogP contribution in [0.25, 0.3) is 0 Å². The number of aryl methyl sites for hydroxylation is 1. The number of esters is 1. The molecule has 29 heavy (non-hydrogen) atoms. The van der Waals surface area contributed by atoms with Crippen LogP contribution in [0.1, 0.15) is 25.3 Å². The first kappa shape index (κ1) is 22.4. The highest BCUT2D eigenvalue weighted by Gasteiger charge is 2.13. The molecule has 0 bridgehead atoms. The van der Waals surface area contributed by atoms with Crippen molar-refractivity contribution in [2.24, 2.45) is 0 Å². The van der Waals surface area contributed by atoms with Gasteiger partial charge in [0.2, 0.25) is 5.91 Å². The summed E-state index contributed by atoms with van der Waals surface area (Å²) in [5, 5.41) is 5.40. The third-order valence-corrected chi connectivity index (χ3v) is 4.52. The maximum absolute atomic E-state index is 12.0. The van der Waals surface area contributed by atoms with E-state index in [2.05, 4.69) is 26.6 Å². The molecular weight excluding hydrogens is 440 g/mol. The molecule has 0 aliphatic carbocycles. The average molecular weight is 463 g/mol. The molecule has 0 radical (unpaired) electrons. The lowest BCUT2D eigenvalue weighted by molar-refractivity contribution is -0.147. The zero-order valence-corrected chi connectivity index (χ0v) is 17.9. The maximum Gasteiger partial charge on any atom is 0.306 e. The molecule has 0 aliphatic rings.